The molecule has 3 aliphatic carbocycles. The van der Waals surface area contributed by atoms with Crippen LogP contribution in [0.25, 0.3) is 0 Å². The zero-order valence-electron chi connectivity index (χ0n) is 16.5. The first kappa shape index (κ1) is 21.0. The van der Waals surface area contributed by atoms with Gasteiger partial charge < -0.3 is 20.6 Å². The zero-order chi connectivity index (χ0) is 20.4. The molecule has 0 unspecified atom stereocenters. The Balaban J connectivity index is 1.52. The maximum Gasteiger partial charge on any atom is 0.237 e. The number of carbonyl (C=O) groups excluding carboxylic acids is 2. The molecule has 2 bridgehead atoms. The van der Waals surface area contributed by atoms with Crippen LogP contribution in [0.4, 0.5) is 4.39 Å². The van der Waals surface area contributed by atoms with E-state index in [-0.39, 0.29) is 54.9 Å². The molecule has 1 aliphatic heterocycles. The van der Waals surface area contributed by atoms with Crippen molar-refractivity contribution in [2.45, 2.75) is 82.1 Å². The lowest BCUT2D eigenvalue weighted by atomic mass is 9.57. The average Bonchev–Trinajstić information content (AvgIpc) is 3.08. The lowest BCUT2D eigenvalue weighted by Crippen LogP contribution is -2.60. The number of fused-ring (bicyclic) bond motifs is 3. The molecule has 4 rings (SSSR count). The van der Waals surface area contributed by atoms with E-state index >= 15 is 0 Å². The molecule has 0 radical (unpaired) electrons. The molecule has 1 saturated heterocycles. The van der Waals surface area contributed by atoms with Gasteiger partial charge in [-0.1, -0.05) is 0 Å². The molecule has 3 atom stereocenters. The second-order valence-electron chi connectivity index (χ2n) is 8.82. The number of nitrogens with zero attached hydrogens (tertiary/aromatic N) is 2. The maximum absolute atomic E-state index is 13.6. The van der Waals surface area contributed by atoms with Gasteiger partial charge in [-0.3, -0.25) is 9.59 Å². The summed E-state index contributed by atoms with van der Waals surface area (Å²) < 4.78 is 13.6. The Bertz CT molecular complexity index is 625. The van der Waals surface area contributed by atoms with Gasteiger partial charge in [0.15, 0.2) is 0 Å². The summed E-state index contributed by atoms with van der Waals surface area (Å²) in [6, 6.07) is 1.31. The molecule has 1 heterocycles. The van der Waals surface area contributed by atoms with Gasteiger partial charge in [0.05, 0.1) is 19.2 Å². The highest BCUT2D eigenvalue weighted by Gasteiger charge is 2.52. The van der Waals surface area contributed by atoms with Crippen LogP contribution in [-0.4, -0.2) is 65.3 Å². The van der Waals surface area contributed by atoms with Crippen LogP contribution in [-0.2, 0) is 9.59 Å². The molecule has 2 amide bonds. The zero-order valence-corrected chi connectivity index (χ0v) is 16.5. The highest BCUT2D eigenvalue weighted by atomic mass is 19.1. The van der Waals surface area contributed by atoms with Crippen LogP contribution in [0.5, 0.6) is 0 Å². The normalized spacial score (nSPS) is 35.4. The summed E-state index contributed by atoms with van der Waals surface area (Å²) in [5.74, 6) is -0.139. The summed E-state index contributed by atoms with van der Waals surface area (Å²) >= 11 is 0. The first-order valence-corrected chi connectivity index (χ1v) is 10.3. The van der Waals surface area contributed by atoms with Crippen LogP contribution >= 0.6 is 0 Å². The van der Waals surface area contributed by atoms with Gasteiger partial charge in [-0.2, -0.15) is 5.26 Å². The highest BCUT2D eigenvalue weighted by molar-refractivity contribution is 5.83. The summed E-state index contributed by atoms with van der Waals surface area (Å²) in [5, 5.41) is 24.6. The van der Waals surface area contributed by atoms with Crippen LogP contribution in [0.2, 0.25) is 0 Å². The van der Waals surface area contributed by atoms with Crippen molar-refractivity contribution in [2.24, 2.45) is 5.41 Å². The van der Waals surface area contributed by atoms with E-state index in [0.29, 0.717) is 6.42 Å². The third-order valence-electron chi connectivity index (χ3n) is 7.00. The summed E-state index contributed by atoms with van der Waals surface area (Å²) in [6.45, 7) is 2.07. The molecule has 7 nitrogen and oxygen atoms in total. The molecule has 0 spiro atoms. The molecule has 4 fully saturated rings. The third-order valence-corrected chi connectivity index (χ3v) is 7.00. The van der Waals surface area contributed by atoms with Crippen LogP contribution in [0.1, 0.15) is 58.3 Å². The monoisotopic (exact) mass is 394 g/mol. The van der Waals surface area contributed by atoms with Gasteiger partial charge >= 0.3 is 0 Å². The third kappa shape index (κ3) is 4.15. The summed E-state index contributed by atoms with van der Waals surface area (Å²) in [4.78, 5) is 26.6. The summed E-state index contributed by atoms with van der Waals surface area (Å²) in [7, 11) is 0. The number of hydrogen-bond donors (Lipinski definition) is 3. The molecule has 0 aromatic heterocycles. The largest absolute Gasteiger partial charge is 0.396 e. The fourth-order valence-corrected chi connectivity index (χ4v) is 4.98. The van der Waals surface area contributed by atoms with Crippen molar-refractivity contribution < 1.29 is 19.1 Å². The van der Waals surface area contributed by atoms with Gasteiger partial charge in [0.25, 0.3) is 0 Å². The van der Waals surface area contributed by atoms with E-state index in [1.54, 1.807) is 0 Å². The molecule has 28 heavy (non-hydrogen) atoms. The van der Waals surface area contributed by atoms with Gasteiger partial charge in [-0.05, 0) is 51.9 Å². The van der Waals surface area contributed by atoms with Crippen molar-refractivity contribution in [3.05, 3.63) is 0 Å². The van der Waals surface area contributed by atoms with Gasteiger partial charge in [0, 0.05) is 30.0 Å². The van der Waals surface area contributed by atoms with E-state index in [4.69, 9.17) is 10.4 Å². The number of aliphatic hydroxyl groups excluding tert-OH is 1. The SMILES string of the molecule is C[C@@H](CCO)NC(=O)C12CCC(NCC(=O)N3C[C@@H](F)C[C@H]3C#N)(CC1)CC2. The van der Waals surface area contributed by atoms with Crippen molar-refractivity contribution in [1.82, 2.24) is 15.5 Å². The standard InChI is InChI=1S/C20H31FN4O3/c1-14(2-9-26)24-18(28)19-3-6-20(7-4-19,8-5-19)23-12-17(27)25-13-15(21)10-16(25)11-22/h14-16,23,26H,2-10,12-13H2,1H3,(H,24,28)/t14-,15-,16-,19?,20?/m0/s1. The molecular formula is C20H31FN4O3. The van der Waals surface area contributed by atoms with Crippen LogP contribution in [0.3, 0.4) is 0 Å². The number of hydrogen-bond acceptors (Lipinski definition) is 5. The number of amides is 2. The minimum absolute atomic E-state index is 0.00104. The Labute approximate surface area is 165 Å². The Kier molecular flexibility index (Phi) is 6.25. The van der Waals surface area contributed by atoms with Crippen molar-refractivity contribution >= 4 is 11.8 Å². The first-order chi connectivity index (χ1) is 13.3. The summed E-state index contributed by atoms with van der Waals surface area (Å²) in [5.41, 5.74) is -0.481. The van der Waals surface area contributed by atoms with E-state index in [9.17, 15) is 14.0 Å². The fraction of sp³-hybridized carbons (Fsp3) is 0.850. The number of likely N-dealkylation sites (tertiary alicyclic amines) is 1. The lowest BCUT2D eigenvalue weighted by Gasteiger charge is -2.53. The first-order valence-electron chi connectivity index (χ1n) is 10.3. The Hall–Kier alpha value is -1.72. The molecular weight excluding hydrogens is 363 g/mol. The van der Waals surface area contributed by atoms with E-state index in [2.05, 4.69) is 10.6 Å². The van der Waals surface area contributed by atoms with Gasteiger partial charge in [-0.15, -0.1) is 0 Å². The summed E-state index contributed by atoms with van der Waals surface area (Å²) in [6.07, 6.45) is 4.35. The second kappa shape index (κ2) is 8.34. The molecule has 0 aromatic carbocycles. The van der Waals surface area contributed by atoms with Crippen LogP contribution in [0, 0.1) is 16.7 Å². The minimum atomic E-state index is -1.12. The number of halogens is 1. The van der Waals surface area contributed by atoms with Gasteiger partial charge in [0.2, 0.25) is 11.8 Å². The number of rotatable bonds is 7. The van der Waals surface area contributed by atoms with E-state index < -0.39 is 12.2 Å². The quantitative estimate of drug-likeness (QED) is 0.598. The highest BCUT2D eigenvalue weighted by Crippen LogP contribution is 2.52. The van der Waals surface area contributed by atoms with E-state index in [1.807, 2.05) is 13.0 Å². The lowest BCUT2D eigenvalue weighted by molar-refractivity contribution is -0.140. The van der Waals surface area contributed by atoms with Crippen molar-refractivity contribution in [3.8, 4) is 6.07 Å². The number of aliphatic hydroxyl groups is 1. The molecule has 3 saturated carbocycles. The topological polar surface area (TPSA) is 105 Å². The Morgan fingerprint density at radius 3 is 2.50 bits per heavy atom. The number of alkyl halides is 1. The Morgan fingerprint density at radius 1 is 1.29 bits per heavy atom. The average molecular weight is 394 g/mol. The van der Waals surface area contributed by atoms with Gasteiger partial charge in [0.1, 0.15) is 12.2 Å². The van der Waals surface area contributed by atoms with Crippen molar-refractivity contribution in [1.29, 1.82) is 5.26 Å². The van der Waals surface area contributed by atoms with E-state index in [0.717, 1.165) is 38.5 Å². The fourth-order valence-electron chi connectivity index (χ4n) is 4.98. The van der Waals surface area contributed by atoms with E-state index in [1.165, 1.54) is 4.90 Å². The molecule has 3 N–H and O–H groups in total. The molecule has 0 aromatic rings. The maximum atomic E-state index is 13.6. The number of carbonyl (C=O) groups is 2. The molecule has 8 heteroatoms. The van der Waals surface area contributed by atoms with Gasteiger partial charge in [-0.25, -0.2) is 4.39 Å². The Morgan fingerprint density at radius 2 is 1.93 bits per heavy atom. The minimum Gasteiger partial charge on any atom is -0.396 e. The second-order valence-corrected chi connectivity index (χ2v) is 8.82. The smallest absolute Gasteiger partial charge is 0.237 e. The van der Waals surface area contributed by atoms with Crippen molar-refractivity contribution in [3.63, 3.8) is 0 Å². The van der Waals surface area contributed by atoms with Crippen molar-refractivity contribution in [2.75, 3.05) is 19.7 Å². The predicted octanol–water partition coefficient (Wildman–Crippen LogP) is 1.02. The number of nitrogens with one attached hydrogen (secondary N) is 2. The van der Waals surface area contributed by atoms with Crippen LogP contribution in [0.15, 0.2) is 0 Å². The number of nitriles is 1. The molecule has 156 valence electrons. The predicted molar refractivity (Wildman–Crippen MR) is 101 cm³/mol. The molecule has 4 aliphatic rings. The van der Waals surface area contributed by atoms with Crippen LogP contribution < -0.4 is 10.6 Å².